The molecule has 0 heterocycles. The molecule has 1 rings (SSSR count). The van der Waals surface area contributed by atoms with Crippen LogP contribution in [-0.4, -0.2) is 28.7 Å². The number of thioether (sulfide) groups is 1. The molecule has 1 aromatic carbocycles. The Morgan fingerprint density at radius 2 is 2.12 bits per heavy atom. The fraction of sp³-hybridized carbons (Fsp3) is 0.417. The second-order valence-electron chi connectivity index (χ2n) is 3.51. The van der Waals surface area contributed by atoms with Gasteiger partial charge in [0, 0.05) is 0 Å². The normalized spacial score (nSPS) is 12.1. The van der Waals surface area contributed by atoms with Crippen molar-refractivity contribution in [3.8, 4) is 5.75 Å². The molecule has 0 amide bonds. The predicted molar refractivity (Wildman–Crippen MR) is 66.1 cm³/mol. The van der Waals surface area contributed by atoms with Gasteiger partial charge in [0.25, 0.3) is 0 Å². The summed E-state index contributed by atoms with van der Waals surface area (Å²) < 4.78 is 18.0. The lowest BCUT2D eigenvalue weighted by atomic mass is 10.3. The highest BCUT2D eigenvalue weighted by Crippen LogP contribution is 2.14. The van der Waals surface area contributed by atoms with Crippen molar-refractivity contribution in [2.75, 3.05) is 12.4 Å². The molecule has 1 aromatic rings. The lowest BCUT2D eigenvalue weighted by molar-refractivity contribution is -0.136. The van der Waals surface area contributed by atoms with Crippen molar-refractivity contribution in [3.05, 3.63) is 30.1 Å². The Bertz CT molecular complexity index is 353. The molecule has 0 spiro atoms. The van der Waals surface area contributed by atoms with Gasteiger partial charge in [-0.15, -0.1) is 11.8 Å². The molecule has 0 bridgehead atoms. The third kappa shape index (κ3) is 5.58. The zero-order valence-corrected chi connectivity index (χ0v) is 10.4. The minimum atomic E-state index is -0.797. The number of rotatable bonds is 7. The van der Waals surface area contributed by atoms with E-state index in [0.29, 0.717) is 12.4 Å². The van der Waals surface area contributed by atoms with E-state index in [2.05, 4.69) is 0 Å². The summed E-state index contributed by atoms with van der Waals surface area (Å²) in [6.07, 6.45) is 0.764. The summed E-state index contributed by atoms with van der Waals surface area (Å²) in [6, 6.07) is 5.83. The molecule has 0 aliphatic heterocycles. The maximum Gasteiger partial charge on any atom is 0.316 e. The van der Waals surface area contributed by atoms with Gasteiger partial charge in [-0.25, -0.2) is 4.39 Å². The zero-order valence-electron chi connectivity index (χ0n) is 9.56. The van der Waals surface area contributed by atoms with E-state index in [9.17, 15) is 9.18 Å². The summed E-state index contributed by atoms with van der Waals surface area (Å²) in [6.45, 7) is 2.17. The van der Waals surface area contributed by atoms with Gasteiger partial charge in [-0.3, -0.25) is 4.79 Å². The summed E-state index contributed by atoms with van der Waals surface area (Å²) in [7, 11) is 0. The summed E-state index contributed by atoms with van der Waals surface area (Å²) in [5.41, 5.74) is 0. The van der Waals surface area contributed by atoms with Gasteiger partial charge in [-0.1, -0.05) is 0 Å². The van der Waals surface area contributed by atoms with Gasteiger partial charge in [-0.2, -0.15) is 0 Å². The van der Waals surface area contributed by atoms with Gasteiger partial charge in [0.1, 0.15) is 11.6 Å². The van der Waals surface area contributed by atoms with Crippen LogP contribution in [0.15, 0.2) is 24.3 Å². The Kier molecular flexibility index (Phi) is 5.83. The monoisotopic (exact) mass is 258 g/mol. The van der Waals surface area contributed by atoms with Crippen LogP contribution in [0, 0.1) is 5.82 Å². The first-order chi connectivity index (χ1) is 8.09. The SMILES string of the molecule is CC(SCCCOc1ccc(F)cc1)C(=O)O. The molecule has 0 aliphatic rings. The van der Waals surface area contributed by atoms with Crippen molar-refractivity contribution in [2.45, 2.75) is 18.6 Å². The van der Waals surface area contributed by atoms with E-state index in [1.54, 1.807) is 19.1 Å². The molecule has 94 valence electrons. The highest BCUT2D eigenvalue weighted by Gasteiger charge is 2.09. The lowest BCUT2D eigenvalue weighted by Gasteiger charge is -2.07. The van der Waals surface area contributed by atoms with Crippen LogP contribution >= 0.6 is 11.8 Å². The first-order valence-electron chi connectivity index (χ1n) is 5.32. The third-order valence-electron chi connectivity index (χ3n) is 2.09. The number of hydrogen-bond donors (Lipinski definition) is 1. The van der Waals surface area contributed by atoms with Crippen LogP contribution in [0.3, 0.4) is 0 Å². The molecule has 3 nitrogen and oxygen atoms in total. The van der Waals surface area contributed by atoms with Gasteiger partial charge in [-0.05, 0) is 43.4 Å². The molecule has 1 N–H and O–H groups in total. The van der Waals surface area contributed by atoms with E-state index in [0.717, 1.165) is 12.2 Å². The number of ether oxygens (including phenoxy) is 1. The molecular weight excluding hydrogens is 243 g/mol. The third-order valence-corrected chi connectivity index (χ3v) is 3.31. The number of halogens is 1. The maximum atomic E-state index is 12.6. The summed E-state index contributed by atoms with van der Waals surface area (Å²) >= 11 is 1.38. The molecule has 0 aliphatic carbocycles. The second kappa shape index (κ2) is 7.17. The first-order valence-corrected chi connectivity index (χ1v) is 6.37. The van der Waals surface area contributed by atoms with Crippen molar-refractivity contribution in [1.29, 1.82) is 0 Å². The van der Waals surface area contributed by atoms with Crippen molar-refractivity contribution in [3.63, 3.8) is 0 Å². The number of hydrogen-bond acceptors (Lipinski definition) is 3. The minimum Gasteiger partial charge on any atom is -0.494 e. The van der Waals surface area contributed by atoms with E-state index in [1.165, 1.54) is 23.9 Å². The molecule has 5 heteroatoms. The fourth-order valence-corrected chi connectivity index (χ4v) is 1.89. The predicted octanol–water partition coefficient (Wildman–Crippen LogP) is 2.80. The Hall–Kier alpha value is -1.23. The number of carboxylic acid groups (broad SMARTS) is 1. The van der Waals surface area contributed by atoms with Crippen LogP contribution in [0.1, 0.15) is 13.3 Å². The van der Waals surface area contributed by atoms with E-state index >= 15 is 0 Å². The topological polar surface area (TPSA) is 46.5 Å². The van der Waals surface area contributed by atoms with E-state index in [-0.39, 0.29) is 11.1 Å². The van der Waals surface area contributed by atoms with Crippen molar-refractivity contribution >= 4 is 17.7 Å². The Morgan fingerprint density at radius 3 is 2.71 bits per heavy atom. The van der Waals surface area contributed by atoms with E-state index in [4.69, 9.17) is 9.84 Å². The highest BCUT2D eigenvalue weighted by molar-refractivity contribution is 8.00. The van der Waals surface area contributed by atoms with Crippen LogP contribution in [0.5, 0.6) is 5.75 Å². The minimum absolute atomic E-state index is 0.289. The Labute approximate surface area is 104 Å². The molecule has 0 saturated heterocycles. The van der Waals surface area contributed by atoms with Gasteiger partial charge >= 0.3 is 5.97 Å². The number of aliphatic carboxylic acids is 1. The lowest BCUT2D eigenvalue weighted by Crippen LogP contribution is -2.12. The molecule has 17 heavy (non-hydrogen) atoms. The zero-order chi connectivity index (χ0) is 12.7. The first kappa shape index (κ1) is 13.8. The summed E-state index contributed by atoms with van der Waals surface area (Å²) in [5, 5.41) is 8.27. The second-order valence-corrected chi connectivity index (χ2v) is 4.96. The van der Waals surface area contributed by atoms with Crippen molar-refractivity contribution < 1.29 is 19.0 Å². The Balaban J connectivity index is 2.12. The van der Waals surface area contributed by atoms with Crippen molar-refractivity contribution in [2.24, 2.45) is 0 Å². The smallest absolute Gasteiger partial charge is 0.316 e. The molecule has 0 aromatic heterocycles. The molecule has 1 atom stereocenters. The largest absolute Gasteiger partial charge is 0.494 e. The average Bonchev–Trinajstić information content (AvgIpc) is 2.30. The standard InChI is InChI=1S/C12H15FO3S/c1-9(12(14)15)17-8-2-7-16-11-5-3-10(13)4-6-11/h3-6,9H,2,7-8H2,1H3,(H,14,15). The molecular formula is C12H15FO3S. The van der Waals surface area contributed by atoms with Gasteiger partial charge in [0.15, 0.2) is 0 Å². The van der Waals surface area contributed by atoms with Crippen LogP contribution in [0.25, 0.3) is 0 Å². The Morgan fingerprint density at radius 1 is 1.47 bits per heavy atom. The highest BCUT2D eigenvalue weighted by atomic mass is 32.2. The van der Waals surface area contributed by atoms with E-state index in [1.807, 2.05) is 0 Å². The van der Waals surface area contributed by atoms with E-state index < -0.39 is 5.97 Å². The number of carboxylic acids is 1. The molecule has 0 fully saturated rings. The quantitative estimate of drug-likeness (QED) is 0.764. The van der Waals surface area contributed by atoms with Crippen LogP contribution in [0.2, 0.25) is 0 Å². The molecule has 0 saturated carbocycles. The van der Waals surface area contributed by atoms with Gasteiger partial charge in [0.2, 0.25) is 0 Å². The van der Waals surface area contributed by atoms with Crippen molar-refractivity contribution in [1.82, 2.24) is 0 Å². The average molecular weight is 258 g/mol. The van der Waals surface area contributed by atoms with Gasteiger partial charge < -0.3 is 9.84 Å². The number of benzene rings is 1. The fourth-order valence-electron chi connectivity index (χ4n) is 1.11. The summed E-state index contributed by atoms with van der Waals surface area (Å²) in [4.78, 5) is 10.5. The summed E-state index contributed by atoms with van der Waals surface area (Å²) in [5.74, 6) is 0.273. The van der Waals surface area contributed by atoms with Gasteiger partial charge in [0.05, 0.1) is 11.9 Å². The van der Waals surface area contributed by atoms with Crippen LogP contribution in [-0.2, 0) is 4.79 Å². The van der Waals surface area contributed by atoms with Crippen LogP contribution in [0.4, 0.5) is 4.39 Å². The maximum absolute atomic E-state index is 12.6. The van der Waals surface area contributed by atoms with Crippen LogP contribution < -0.4 is 4.74 Å². The number of carbonyl (C=O) groups is 1. The molecule has 1 unspecified atom stereocenters. The molecule has 0 radical (unpaired) electrons.